The summed E-state index contributed by atoms with van der Waals surface area (Å²) in [4.78, 5) is 8.56. The summed E-state index contributed by atoms with van der Waals surface area (Å²) in [5, 5.41) is 13.9. The topological polar surface area (TPSA) is 66.8 Å². The molecule has 0 aromatic rings. The van der Waals surface area contributed by atoms with Crippen molar-refractivity contribution >= 4 is 6.16 Å². The smallest absolute Gasteiger partial charge is 0.450 e. The second kappa shape index (κ2) is 14.5. The highest BCUT2D eigenvalue weighted by molar-refractivity contribution is 5.53. The first-order chi connectivity index (χ1) is 6.65. The zero-order valence-electron chi connectivity index (χ0n) is 8.74. The number of hydrogen-bond donors (Lipinski definition) is 2. The van der Waals surface area contributed by atoms with E-state index in [2.05, 4.69) is 13.5 Å². The van der Waals surface area contributed by atoms with E-state index in [0.29, 0.717) is 6.61 Å². The van der Waals surface area contributed by atoms with E-state index in [1.54, 1.807) is 6.08 Å². The van der Waals surface area contributed by atoms with E-state index < -0.39 is 6.16 Å². The van der Waals surface area contributed by atoms with E-state index in [-0.39, 0.29) is 0 Å². The Morgan fingerprint density at radius 1 is 1.36 bits per heavy atom. The first kappa shape index (κ1) is 15.4. The third kappa shape index (κ3) is 30.6. The summed E-state index contributed by atoms with van der Waals surface area (Å²) in [5.74, 6) is 0. The molecular formula is C10H20O4. The normalized spacial score (nSPS) is 8.64. The van der Waals surface area contributed by atoms with Gasteiger partial charge < -0.3 is 14.9 Å². The van der Waals surface area contributed by atoms with Crippen molar-refractivity contribution < 1.29 is 19.7 Å². The van der Waals surface area contributed by atoms with Crippen molar-refractivity contribution in [1.82, 2.24) is 0 Å². The van der Waals surface area contributed by atoms with Crippen LogP contribution in [0.5, 0.6) is 0 Å². The maximum atomic E-state index is 8.56. The van der Waals surface area contributed by atoms with Crippen LogP contribution in [0.1, 0.15) is 32.6 Å². The first-order valence-corrected chi connectivity index (χ1v) is 4.75. The number of carbonyl (C=O) groups is 1. The van der Waals surface area contributed by atoms with Crippen LogP contribution in [0, 0.1) is 0 Å². The molecule has 0 aliphatic carbocycles. The average molecular weight is 204 g/mol. The highest BCUT2D eigenvalue weighted by atomic mass is 16.6. The molecule has 0 atom stereocenters. The number of unbranched alkanes of at least 4 members (excludes halogenated alkanes) is 3. The van der Waals surface area contributed by atoms with Crippen LogP contribution in [0.25, 0.3) is 0 Å². The first-order valence-electron chi connectivity index (χ1n) is 4.75. The lowest BCUT2D eigenvalue weighted by Gasteiger charge is -1.99. The predicted molar refractivity (Wildman–Crippen MR) is 55.8 cm³/mol. The monoisotopic (exact) mass is 204 g/mol. The van der Waals surface area contributed by atoms with Crippen LogP contribution in [-0.2, 0) is 4.74 Å². The molecule has 84 valence electrons. The molecule has 0 spiro atoms. The molecule has 0 rings (SSSR count). The SMILES string of the molecule is C=CCOCCCCCC.O=C(O)O. The molecule has 0 fully saturated rings. The van der Waals surface area contributed by atoms with Gasteiger partial charge >= 0.3 is 6.16 Å². The number of hydrogen-bond acceptors (Lipinski definition) is 2. The molecular weight excluding hydrogens is 184 g/mol. The number of rotatable bonds is 7. The van der Waals surface area contributed by atoms with Gasteiger partial charge in [0.05, 0.1) is 6.61 Å². The van der Waals surface area contributed by atoms with Crippen LogP contribution < -0.4 is 0 Å². The molecule has 0 unspecified atom stereocenters. The van der Waals surface area contributed by atoms with Crippen molar-refractivity contribution in [3.05, 3.63) is 12.7 Å². The van der Waals surface area contributed by atoms with Crippen LogP contribution in [0.2, 0.25) is 0 Å². The summed E-state index contributed by atoms with van der Waals surface area (Å²) < 4.78 is 5.21. The van der Waals surface area contributed by atoms with E-state index in [1.165, 1.54) is 25.7 Å². The molecule has 0 radical (unpaired) electrons. The fourth-order valence-electron chi connectivity index (χ4n) is 0.798. The number of carboxylic acid groups (broad SMARTS) is 2. The molecule has 0 heterocycles. The lowest BCUT2D eigenvalue weighted by molar-refractivity contribution is 0.137. The molecule has 0 bridgehead atoms. The highest BCUT2D eigenvalue weighted by Gasteiger charge is 1.85. The Labute approximate surface area is 85.2 Å². The van der Waals surface area contributed by atoms with E-state index in [9.17, 15) is 0 Å². The Balaban J connectivity index is 0. The lowest BCUT2D eigenvalue weighted by atomic mass is 10.2. The summed E-state index contributed by atoms with van der Waals surface area (Å²) in [5.41, 5.74) is 0. The van der Waals surface area contributed by atoms with Crippen molar-refractivity contribution in [2.75, 3.05) is 13.2 Å². The molecule has 0 saturated carbocycles. The standard InChI is InChI=1S/C9H18O.CH2O3/c1-3-5-6-7-9-10-8-4-2;2-1(3)4/h4H,2-3,5-9H2,1H3;(H2,2,3,4). The van der Waals surface area contributed by atoms with Crippen LogP contribution in [0.15, 0.2) is 12.7 Å². The summed E-state index contributed by atoms with van der Waals surface area (Å²) >= 11 is 0. The van der Waals surface area contributed by atoms with Gasteiger partial charge in [0.2, 0.25) is 0 Å². The van der Waals surface area contributed by atoms with Crippen molar-refractivity contribution in [3.63, 3.8) is 0 Å². The largest absolute Gasteiger partial charge is 0.503 e. The molecule has 0 aromatic carbocycles. The minimum absolute atomic E-state index is 0.701. The fourth-order valence-corrected chi connectivity index (χ4v) is 0.798. The van der Waals surface area contributed by atoms with Gasteiger partial charge in [0.15, 0.2) is 0 Å². The predicted octanol–water partition coefficient (Wildman–Crippen LogP) is 2.99. The maximum absolute atomic E-state index is 8.56. The van der Waals surface area contributed by atoms with Gasteiger partial charge in [-0.2, -0.15) is 0 Å². The minimum atomic E-state index is -1.83. The quantitative estimate of drug-likeness (QED) is 0.494. The van der Waals surface area contributed by atoms with Crippen molar-refractivity contribution in [2.24, 2.45) is 0 Å². The van der Waals surface area contributed by atoms with Crippen LogP contribution in [0.4, 0.5) is 4.79 Å². The third-order valence-electron chi connectivity index (χ3n) is 1.38. The van der Waals surface area contributed by atoms with E-state index in [0.717, 1.165) is 6.61 Å². The van der Waals surface area contributed by atoms with E-state index >= 15 is 0 Å². The summed E-state index contributed by atoms with van der Waals surface area (Å²) in [7, 11) is 0. The number of ether oxygens (including phenoxy) is 1. The van der Waals surface area contributed by atoms with Crippen LogP contribution >= 0.6 is 0 Å². The van der Waals surface area contributed by atoms with Gasteiger partial charge in [0.25, 0.3) is 0 Å². The fraction of sp³-hybridized carbons (Fsp3) is 0.700. The van der Waals surface area contributed by atoms with Crippen LogP contribution in [-0.4, -0.2) is 29.6 Å². The van der Waals surface area contributed by atoms with Crippen molar-refractivity contribution in [1.29, 1.82) is 0 Å². The molecule has 0 saturated heterocycles. The van der Waals surface area contributed by atoms with Gasteiger partial charge in [-0.3, -0.25) is 0 Å². The molecule has 4 nitrogen and oxygen atoms in total. The van der Waals surface area contributed by atoms with Gasteiger partial charge in [-0.15, -0.1) is 6.58 Å². The van der Waals surface area contributed by atoms with E-state index in [1.807, 2.05) is 0 Å². The molecule has 14 heavy (non-hydrogen) atoms. The molecule has 0 aliphatic heterocycles. The molecule has 4 heteroatoms. The zero-order chi connectivity index (χ0) is 11.2. The minimum Gasteiger partial charge on any atom is -0.450 e. The highest BCUT2D eigenvalue weighted by Crippen LogP contribution is 1.98. The van der Waals surface area contributed by atoms with Crippen molar-refractivity contribution in [2.45, 2.75) is 32.6 Å². The van der Waals surface area contributed by atoms with E-state index in [4.69, 9.17) is 19.7 Å². The van der Waals surface area contributed by atoms with Crippen molar-refractivity contribution in [3.8, 4) is 0 Å². The maximum Gasteiger partial charge on any atom is 0.503 e. The lowest BCUT2D eigenvalue weighted by Crippen LogP contribution is -1.93. The molecule has 2 N–H and O–H groups in total. The Hall–Kier alpha value is -1.03. The van der Waals surface area contributed by atoms with Gasteiger partial charge in [0, 0.05) is 6.61 Å². The summed E-state index contributed by atoms with van der Waals surface area (Å²) in [6.07, 6.45) is 5.08. The summed E-state index contributed by atoms with van der Waals surface area (Å²) in [6, 6.07) is 0. The van der Waals surface area contributed by atoms with Gasteiger partial charge in [-0.25, -0.2) is 4.79 Å². The zero-order valence-corrected chi connectivity index (χ0v) is 8.74. The Morgan fingerprint density at radius 2 is 1.93 bits per heavy atom. The average Bonchev–Trinajstić information content (AvgIpc) is 2.10. The third-order valence-corrected chi connectivity index (χ3v) is 1.38. The second-order valence-electron chi connectivity index (χ2n) is 2.71. The Kier molecular flexibility index (Phi) is 16.0. The summed E-state index contributed by atoms with van der Waals surface area (Å²) in [6.45, 7) is 7.38. The molecule has 0 aromatic heterocycles. The Morgan fingerprint density at radius 3 is 2.36 bits per heavy atom. The molecule has 0 aliphatic rings. The van der Waals surface area contributed by atoms with Crippen LogP contribution in [0.3, 0.4) is 0 Å². The van der Waals surface area contributed by atoms with Gasteiger partial charge in [-0.05, 0) is 6.42 Å². The Bertz CT molecular complexity index is 130. The van der Waals surface area contributed by atoms with Gasteiger partial charge in [0.1, 0.15) is 0 Å². The second-order valence-corrected chi connectivity index (χ2v) is 2.71. The van der Waals surface area contributed by atoms with Gasteiger partial charge in [-0.1, -0.05) is 32.3 Å². The molecule has 0 amide bonds.